The fraction of sp³-hybridized carbons (Fsp3) is 0.333. The van der Waals surface area contributed by atoms with E-state index in [2.05, 4.69) is 5.32 Å². The SMILES string of the molecule is Cc1ccc(S(=O)(=O)N2CCCCC2)cc1NC(=O)COC(=O)c1ccc(Cl)cc1. The van der Waals surface area contributed by atoms with E-state index in [-0.39, 0.29) is 10.5 Å². The highest BCUT2D eigenvalue weighted by Gasteiger charge is 2.26. The fourth-order valence-electron chi connectivity index (χ4n) is 3.14. The number of halogens is 1. The summed E-state index contributed by atoms with van der Waals surface area (Å²) in [7, 11) is -3.62. The molecule has 1 heterocycles. The number of carbonyl (C=O) groups is 2. The highest BCUT2D eigenvalue weighted by molar-refractivity contribution is 7.89. The van der Waals surface area contributed by atoms with Crippen LogP contribution >= 0.6 is 11.6 Å². The molecule has 1 aliphatic rings. The molecule has 160 valence electrons. The van der Waals surface area contributed by atoms with Crippen LogP contribution in [0.2, 0.25) is 5.02 Å². The van der Waals surface area contributed by atoms with Crippen molar-refractivity contribution in [2.45, 2.75) is 31.1 Å². The number of hydrogen-bond donors (Lipinski definition) is 1. The van der Waals surface area contributed by atoms with Crippen LogP contribution in [0.25, 0.3) is 0 Å². The molecule has 2 aromatic rings. The molecule has 0 radical (unpaired) electrons. The van der Waals surface area contributed by atoms with Gasteiger partial charge in [-0.15, -0.1) is 0 Å². The van der Waals surface area contributed by atoms with Crippen molar-refractivity contribution in [3.05, 3.63) is 58.6 Å². The molecule has 1 aliphatic heterocycles. The number of anilines is 1. The maximum Gasteiger partial charge on any atom is 0.338 e. The third-order valence-corrected chi connectivity index (χ3v) is 7.00. The van der Waals surface area contributed by atoms with Gasteiger partial charge in [0, 0.05) is 23.8 Å². The number of rotatable bonds is 6. The Bertz CT molecular complexity index is 1030. The van der Waals surface area contributed by atoms with Crippen LogP contribution in [0.5, 0.6) is 0 Å². The minimum Gasteiger partial charge on any atom is -0.452 e. The number of aryl methyl sites for hydroxylation is 1. The van der Waals surface area contributed by atoms with Crippen molar-refractivity contribution in [1.29, 1.82) is 0 Å². The lowest BCUT2D eigenvalue weighted by Crippen LogP contribution is -2.35. The van der Waals surface area contributed by atoms with E-state index in [1.807, 2.05) is 0 Å². The molecular formula is C21H23ClN2O5S. The highest BCUT2D eigenvalue weighted by Crippen LogP contribution is 2.25. The average molecular weight is 451 g/mol. The van der Waals surface area contributed by atoms with E-state index in [1.165, 1.54) is 28.6 Å². The second-order valence-corrected chi connectivity index (χ2v) is 9.45. The van der Waals surface area contributed by atoms with E-state index in [1.54, 1.807) is 25.1 Å². The van der Waals surface area contributed by atoms with Gasteiger partial charge in [0.15, 0.2) is 6.61 Å². The summed E-state index contributed by atoms with van der Waals surface area (Å²) in [6.45, 7) is 2.26. The molecule has 0 aliphatic carbocycles. The number of hydrogen-bond acceptors (Lipinski definition) is 5. The Balaban J connectivity index is 1.65. The van der Waals surface area contributed by atoms with Crippen LogP contribution < -0.4 is 5.32 Å². The van der Waals surface area contributed by atoms with Gasteiger partial charge >= 0.3 is 5.97 Å². The maximum absolute atomic E-state index is 12.9. The molecular weight excluding hydrogens is 428 g/mol. The summed E-state index contributed by atoms with van der Waals surface area (Å²) in [6, 6.07) is 10.7. The Morgan fingerprint density at radius 2 is 1.73 bits per heavy atom. The van der Waals surface area contributed by atoms with E-state index in [9.17, 15) is 18.0 Å². The molecule has 2 aromatic carbocycles. The van der Waals surface area contributed by atoms with Crippen molar-refractivity contribution in [3.8, 4) is 0 Å². The van der Waals surface area contributed by atoms with Gasteiger partial charge in [-0.3, -0.25) is 4.79 Å². The molecule has 0 bridgehead atoms. The molecule has 0 unspecified atom stereocenters. The van der Waals surface area contributed by atoms with Crippen LogP contribution in [0.15, 0.2) is 47.4 Å². The summed E-state index contributed by atoms with van der Waals surface area (Å²) in [5.74, 6) is -1.21. The van der Waals surface area contributed by atoms with E-state index < -0.39 is 28.5 Å². The number of piperidine rings is 1. The van der Waals surface area contributed by atoms with Crippen LogP contribution in [0.3, 0.4) is 0 Å². The molecule has 0 aromatic heterocycles. The summed E-state index contributed by atoms with van der Waals surface area (Å²) < 4.78 is 32.2. The zero-order valence-corrected chi connectivity index (χ0v) is 18.1. The molecule has 1 amide bonds. The van der Waals surface area contributed by atoms with Crippen molar-refractivity contribution < 1.29 is 22.7 Å². The van der Waals surface area contributed by atoms with Crippen molar-refractivity contribution in [1.82, 2.24) is 4.31 Å². The number of nitrogens with one attached hydrogen (secondary N) is 1. The average Bonchev–Trinajstić information content (AvgIpc) is 2.74. The molecule has 7 nitrogen and oxygen atoms in total. The normalized spacial score (nSPS) is 14.9. The van der Waals surface area contributed by atoms with Gasteiger partial charge in [-0.2, -0.15) is 4.31 Å². The lowest BCUT2D eigenvalue weighted by Gasteiger charge is -2.26. The van der Waals surface area contributed by atoms with E-state index in [4.69, 9.17) is 16.3 Å². The standard InChI is InChI=1S/C21H23ClN2O5S/c1-15-5-10-18(30(27,28)24-11-3-2-4-12-24)13-19(15)23-20(25)14-29-21(26)16-6-8-17(22)9-7-16/h5-10,13H,2-4,11-12,14H2,1H3,(H,23,25). The van der Waals surface area contributed by atoms with Gasteiger partial charge < -0.3 is 10.1 Å². The fourth-order valence-corrected chi connectivity index (χ4v) is 4.81. The molecule has 0 saturated carbocycles. The van der Waals surface area contributed by atoms with E-state index in [0.717, 1.165) is 19.3 Å². The van der Waals surface area contributed by atoms with Crippen LogP contribution in [0, 0.1) is 6.92 Å². The van der Waals surface area contributed by atoms with Crippen molar-refractivity contribution in [2.75, 3.05) is 25.0 Å². The molecule has 1 saturated heterocycles. The third kappa shape index (κ3) is 5.38. The largest absolute Gasteiger partial charge is 0.452 e. The Morgan fingerprint density at radius 3 is 2.40 bits per heavy atom. The van der Waals surface area contributed by atoms with E-state index in [0.29, 0.717) is 29.4 Å². The molecule has 0 spiro atoms. The van der Waals surface area contributed by atoms with E-state index >= 15 is 0 Å². The maximum atomic E-state index is 12.9. The summed E-state index contributed by atoms with van der Waals surface area (Å²) >= 11 is 5.78. The predicted molar refractivity (Wildman–Crippen MR) is 114 cm³/mol. The van der Waals surface area contributed by atoms with Gasteiger partial charge in [-0.05, 0) is 61.7 Å². The first-order valence-electron chi connectivity index (χ1n) is 9.61. The minimum absolute atomic E-state index is 0.128. The van der Waals surface area contributed by atoms with Gasteiger partial charge in [-0.1, -0.05) is 24.1 Å². The second kappa shape index (κ2) is 9.59. The summed E-state index contributed by atoms with van der Waals surface area (Å²) in [6.07, 6.45) is 2.71. The first kappa shape index (κ1) is 22.3. The summed E-state index contributed by atoms with van der Waals surface area (Å²) in [5.41, 5.74) is 1.34. The topological polar surface area (TPSA) is 92.8 Å². The monoisotopic (exact) mass is 450 g/mol. The Labute approximate surface area is 181 Å². The van der Waals surface area contributed by atoms with Crippen molar-refractivity contribution in [3.63, 3.8) is 0 Å². The highest BCUT2D eigenvalue weighted by atomic mass is 35.5. The summed E-state index contributed by atoms with van der Waals surface area (Å²) in [4.78, 5) is 24.4. The molecule has 9 heteroatoms. The van der Waals surface area contributed by atoms with Gasteiger partial charge in [0.2, 0.25) is 10.0 Å². The van der Waals surface area contributed by atoms with Gasteiger partial charge in [0.1, 0.15) is 0 Å². The number of carbonyl (C=O) groups excluding carboxylic acids is 2. The van der Waals surface area contributed by atoms with Gasteiger partial charge in [0.05, 0.1) is 10.5 Å². The number of ether oxygens (including phenoxy) is 1. The lowest BCUT2D eigenvalue weighted by molar-refractivity contribution is -0.119. The first-order valence-corrected chi connectivity index (χ1v) is 11.4. The molecule has 30 heavy (non-hydrogen) atoms. The second-order valence-electron chi connectivity index (χ2n) is 7.07. The molecule has 0 atom stereocenters. The quantitative estimate of drug-likeness (QED) is 0.678. The first-order chi connectivity index (χ1) is 14.3. The lowest BCUT2D eigenvalue weighted by atomic mass is 10.2. The number of esters is 1. The van der Waals surface area contributed by atoms with Gasteiger partial charge in [-0.25, -0.2) is 13.2 Å². The van der Waals surface area contributed by atoms with Crippen LogP contribution in [-0.2, 0) is 19.6 Å². The van der Waals surface area contributed by atoms with Crippen LogP contribution in [0.1, 0.15) is 35.2 Å². The number of nitrogens with zero attached hydrogens (tertiary/aromatic N) is 1. The van der Waals surface area contributed by atoms with Crippen molar-refractivity contribution >= 4 is 39.2 Å². The Kier molecular flexibility index (Phi) is 7.12. The molecule has 1 fully saturated rings. The zero-order valence-electron chi connectivity index (χ0n) is 16.6. The van der Waals surface area contributed by atoms with Crippen LogP contribution in [0.4, 0.5) is 5.69 Å². The number of sulfonamides is 1. The minimum atomic E-state index is -3.62. The third-order valence-electron chi connectivity index (χ3n) is 4.85. The Hall–Kier alpha value is -2.42. The van der Waals surface area contributed by atoms with Crippen molar-refractivity contribution in [2.24, 2.45) is 0 Å². The van der Waals surface area contributed by atoms with Crippen LogP contribution in [-0.4, -0.2) is 44.3 Å². The predicted octanol–water partition coefficient (Wildman–Crippen LogP) is 3.62. The smallest absolute Gasteiger partial charge is 0.338 e. The number of amides is 1. The molecule has 3 rings (SSSR count). The zero-order chi connectivity index (χ0) is 21.7. The molecule has 1 N–H and O–H groups in total. The number of benzene rings is 2. The Morgan fingerprint density at radius 1 is 1.07 bits per heavy atom. The van der Waals surface area contributed by atoms with Gasteiger partial charge in [0.25, 0.3) is 5.91 Å². The summed E-state index contributed by atoms with van der Waals surface area (Å²) in [5, 5.41) is 3.11.